The van der Waals surface area contributed by atoms with Gasteiger partial charge >= 0.3 is 0 Å². The molecular formula is C29H52N2O. The topological polar surface area (TPSA) is 55.1 Å². The number of nitrogens with one attached hydrogen (secondary N) is 1. The molecule has 32 heavy (non-hydrogen) atoms. The first-order chi connectivity index (χ1) is 15.2. The van der Waals surface area contributed by atoms with Crippen molar-refractivity contribution in [1.82, 2.24) is 5.32 Å². The summed E-state index contributed by atoms with van der Waals surface area (Å²) in [5.74, 6) is 6.35. The fraction of sp³-hybridized carbons (Fsp3) is 0.966. The van der Waals surface area contributed by atoms with E-state index in [9.17, 15) is 4.79 Å². The molecule has 4 aliphatic carbocycles. The van der Waals surface area contributed by atoms with Crippen molar-refractivity contribution >= 4 is 5.91 Å². The van der Waals surface area contributed by atoms with Crippen LogP contribution in [0.1, 0.15) is 112 Å². The van der Waals surface area contributed by atoms with Gasteiger partial charge in [-0.1, -0.05) is 53.9 Å². The van der Waals surface area contributed by atoms with Crippen molar-refractivity contribution in [3.8, 4) is 0 Å². The SMILES string of the molecule is CC(C)CCC[C@@H](C)[C@H]1CC[C@H]2[C@@H]3CCC4C[C@H](NC(=O)CN)CC[C@]4(C)[C@H]3CC[C@]12C. The summed E-state index contributed by atoms with van der Waals surface area (Å²) in [6.45, 7) is 12.8. The Morgan fingerprint density at radius 1 is 0.938 bits per heavy atom. The molecule has 0 aromatic heterocycles. The molecule has 4 aliphatic rings. The van der Waals surface area contributed by atoms with Crippen molar-refractivity contribution in [3.63, 3.8) is 0 Å². The Labute approximate surface area is 198 Å². The first-order valence-corrected chi connectivity index (χ1v) is 14.2. The second-order valence-corrected chi connectivity index (χ2v) is 13.4. The van der Waals surface area contributed by atoms with E-state index in [1.54, 1.807) is 0 Å². The van der Waals surface area contributed by atoms with Crippen LogP contribution in [0.5, 0.6) is 0 Å². The smallest absolute Gasteiger partial charge is 0.233 e. The third-order valence-electron chi connectivity index (χ3n) is 11.4. The minimum Gasteiger partial charge on any atom is -0.352 e. The van der Waals surface area contributed by atoms with E-state index in [1.807, 2.05) is 0 Å². The van der Waals surface area contributed by atoms with Crippen LogP contribution in [0.4, 0.5) is 0 Å². The molecular weight excluding hydrogens is 392 g/mol. The fourth-order valence-corrected chi connectivity index (χ4v) is 9.70. The maximum Gasteiger partial charge on any atom is 0.233 e. The number of carbonyl (C=O) groups is 1. The third-order valence-corrected chi connectivity index (χ3v) is 11.4. The lowest BCUT2D eigenvalue weighted by Crippen LogP contribution is -2.55. The predicted molar refractivity (Wildman–Crippen MR) is 134 cm³/mol. The number of rotatable bonds is 7. The highest BCUT2D eigenvalue weighted by Gasteiger charge is 2.60. The van der Waals surface area contributed by atoms with E-state index >= 15 is 0 Å². The normalized spacial score (nSPS) is 44.5. The number of amides is 1. The van der Waals surface area contributed by atoms with Gasteiger partial charge in [-0.3, -0.25) is 4.79 Å². The largest absolute Gasteiger partial charge is 0.352 e. The summed E-state index contributed by atoms with van der Waals surface area (Å²) < 4.78 is 0. The van der Waals surface area contributed by atoms with Gasteiger partial charge in [-0.05, 0) is 110 Å². The molecule has 3 heteroatoms. The molecule has 4 rings (SSSR count). The maximum atomic E-state index is 11.9. The van der Waals surface area contributed by atoms with Gasteiger partial charge in [0.25, 0.3) is 0 Å². The highest BCUT2D eigenvalue weighted by atomic mass is 16.1. The second kappa shape index (κ2) is 9.59. The zero-order valence-corrected chi connectivity index (χ0v) is 21.8. The molecule has 0 heterocycles. The van der Waals surface area contributed by atoms with Gasteiger partial charge in [0, 0.05) is 6.04 Å². The first kappa shape index (κ1) is 24.6. The van der Waals surface area contributed by atoms with Crippen LogP contribution < -0.4 is 11.1 Å². The highest BCUT2D eigenvalue weighted by molar-refractivity contribution is 5.78. The lowest BCUT2D eigenvalue weighted by Gasteiger charge is -2.61. The molecule has 184 valence electrons. The quantitative estimate of drug-likeness (QED) is 0.468. The molecule has 0 saturated heterocycles. The second-order valence-electron chi connectivity index (χ2n) is 13.4. The number of fused-ring (bicyclic) bond motifs is 5. The van der Waals surface area contributed by atoms with E-state index < -0.39 is 0 Å². The zero-order chi connectivity index (χ0) is 23.1. The van der Waals surface area contributed by atoms with Crippen LogP contribution in [0.2, 0.25) is 0 Å². The van der Waals surface area contributed by atoms with Crippen molar-refractivity contribution < 1.29 is 4.79 Å². The summed E-state index contributed by atoms with van der Waals surface area (Å²) in [6.07, 6.45) is 16.6. The van der Waals surface area contributed by atoms with E-state index in [0.717, 1.165) is 47.8 Å². The minimum atomic E-state index is 0.0280. The van der Waals surface area contributed by atoms with E-state index in [2.05, 4.69) is 39.9 Å². The number of hydrogen-bond donors (Lipinski definition) is 2. The molecule has 1 amide bonds. The lowest BCUT2D eigenvalue weighted by molar-refractivity contribution is -0.127. The number of carbonyl (C=O) groups excluding carboxylic acids is 1. The van der Waals surface area contributed by atoms with Crippen molar-refractivity contribution in [1.29, 1.82) is 0 Å². The molecule has 0 bridgehead atoms. The van der Waals surface area contributed by atoms with Crippen LogP contribution in [0.25, 0.3) is 0 Å². The van der Waals surface area contributed by atoms with Gasteiger partial charge in [-0.25, -0.2) is 0 Å². The summed E-state index contributed by atoms with van der Waals surface area (Å²) in [5.41, 5.74) is 6.64. The van der Waals surface area contributed by atoms with Gasteiger partial charge in [0.2, 0.25) is 5.91 Å². The molecule has 0 aromatic rings. The summed E-state index contributed by atoms with van der Waals surface area (Å²) in [7, 11) is 0. The fourth-order valence-electron chi connectivity index (χ4n) is 9.70. The monoisotopic (exact) mass is 444 g/mol. The van der Waals surface area contributed by atoms with Crippen molar-refractivity contribution in [2.24, 2.45) is 58.0 Å². The Kier molecular flexibility index (Phi) is 7.36. The van der Waals surface area contributed by atoms with Crippen LogP contribution in [-0.2, 0) is 4.79 Å². The molecule has 0 aromatic carbocycles. The summed E-state index contributed by atoms with van der Waals surface area (Å²) in [4.78, 5) is 11.9. The average Bonchev–Trinajstić information content (AvgIpc) is 3.11. The lowest BCUT2D eigenvalue weighted by atomic mass is 9.44. The molecule has 1 unspecified atom stereocenters. The Morgan fingerprint density at radius 2 is 1.66 bits per heavy atom. The van der Waals surface area contributed by atoms with Gasteiger partial charge in [-0.15, -0.1) is 0 Å². The first-order valence-electron chi connectivity index (χ1n) is 14.2. The molecule has 0 aliphatic heterocycles. The molecule has 3 nitrogen and oxygen atoms in total. The summed E-state index contributed by atoms with van der Waals surface area (Å²) >= 11 is 0. The molecule has 0 spiro atoms. The predicted octanol–water partition coefficient (Wildman–Crippen LogP) is 6.55. The molecule has 3 N–H and O–H groups in total. The number of hydrogen-bond acceptors (Lipinski definition) is 2. The number of nitrogens with two attached hydrogens (primary N) is 1. The Hall–Kier alpha value is -0.570. The third kappa shape index (κ3) is 4.41. The van der Waals surface area contributed by atoms with Gasteiger partial charge in [0.1, 0.15) is 0 Å². The Morgan fingerprint density at radius 3 is 2.38 bits per heavy atom. The van der Waals surface area contributed by atoms with Gasteiger partial charge in [0.15, 0.2) is 0 Å². The van der Waals surface area contributed by atoms with Gasteiger partial charge in [0.05, 0.1) is 6.54 Å². The standard InChI is InChI=1S/C29H52N2O/c1-19(2)7-6-8-20(3)24-11-12-25-23-10-9-21-17-22(31-27(32)18-30)13-15-28(21,4)26(23)14-16-29(24,25)5/h19-26H,6-18,30H2,1-5H3,(H,31,32)/t20-,21?,22-,23+,24-,25+,26+,28+,29-/m1/s1. The Balaban J connectivity index is 1.42. The molecule has 4 fully saturated rings. The highest BCUT2D eigenvalue weighted by Crippen LogP contribution is 2.68. The van der Waals surface area contributed by atoms with E-state index in [-0.39, 0.29) is 12.5 Å². The Bertz CT molecular complexity index is 662. The molecule has 4 saturated carbocycles. The zero-order valence-electron chi connectivity index (χ0n) is 21.8. The van der Waals surface area contributed by atoms with Crippen LogP contribution in [0.3, 0.4) is 0 Å². The van der Waals surface area contributed by atoms with Gasteiger partial charge in [-0.2, -0.15) is 0 Å². The van der Waals surface area contributed by atoms with Crippen LogP contribution in [0.15, 0.2) is 0 Å². The molecule has 0 radical (unpaired) electrons. The van der Waals surface area contributed by atoms with E-state index in [4.69, 9.17) is 5.73 Å². The van der Waals surface area contributed by atoms with Gasteiger partial charge < -0.3 is 11.1 Å². The van der Waals surface area contributed by atoms with Crippen molar-refractivity contribution in [2.45, 2.75) is 118 Å². The van der Waals surface area contributed by atoms with Crippen molar-refractivity contribution in [3.05, 3.63) is 0 Å². The molecule has 9 atom stereocenters. The average molecular weight is 445 g/mol. The summed E-state index contributed by atoms with van der Waals surface area (Å²) in [5, 5.41) is 3.21. The van der Waals surface area contributed by atoms with E-state index in [1.165, 1.54) is 70.6 Å². The summed E-state index contributed by atoms with van der Waals surface area (Å²) in [6, 6.07) is 0.358. The van der Waals surface area contributed by atoms with Crippen LogP contribution >= 0.6 is 0 Å². The maximum absolute atomic E-state index is 11.9. The minimum absolute atomic E-state index is 0.0280. The van der Waals surface area contributed by atoms with E-state index in [0.29, 0.717) is 16.9 Å². The van der Waals surface area contributed by atoms with Crippen LogP contribution in [0, 0.1) is 52.3 Å². The van der Waals surface area contributed by atoms with Crippen LogP contribution in [-0.4, -0.2) is 18.5 Å². The van der Waals surface area contributed by atoms with Crippen molar-refractivity contribution in [2.75, 3.05) is 6.54 Å².